The van der Waals surface area contributed by atoms with E-state index < -0.39 is 29.3 Å². The van der Waals surface area contributed by atoms with E-state index in [2.05, 4.69) is 11.2 Å². The predicted molar refractivity (Wildman–Crippen MR) is 68.8 cm³/mol. The first-order valence-electron chi connectivity index (χ1n) is 6.72. The Hall–Kier alpha value is -1.83. The number of carbonyl (C=O) groups is 3. The highest BCUT2D eigenvalue weighted by molar-refractivity contribution is 6.19. The molecule has 1 spiro atoms. The van der Waals surface area contributed by atoms with Gasteiger partial charge in [-0.25, -0.2) is 9.69 Å². The molecule has 4 amide bonds. The number of rotatable bonds is 2. The van der Waals surface area contributed by atoms with Crippen LogP contribution in [0.4, 0.5) is 4.79 Å². The first-order valence-corrected chi connectivity index (χ1v) is 6.72. The molecule has 5 nitrogen and oxygen atoms in total. The fourth-order valence-corrected chi connectivity index (χ4v) is 2.95. The predicted octanol–water partition coefficient (Wildman–Crippen LogP) is 1.43. The number of hydrogen-bond donors (Lipinski definition) is 1. The minimum Gasteiger partial charge on any atom is -0.277 e. The minimum atomic E-state index is -1.07. The highest BCUT2D eigenvalue weighted by Crippen LogP contribution is 2.40. The van der Waals surface area contributed by atoms with Gasteiger partial charge in [0.15, 0.2) is 0 Å². The zero-order valence-electron chi connectivity index (χ0n) is 11.1. The third kappa shape index (κ3) is 2.01. The van der Waals surface area contributed by atoms with E-state index in [4.69, 9.17) is 6.42 Å². The third-order valence-electron chi connectivity index (χ3n) is 4.10. The van der Waals surface area contributed by atoms with Gasteiger partial charge in [-0.2, -0.15) is 0 Å². The lowest BCUT2D eigenvalue weighted by molar-refractivity contribution is -0.154. The quantitative estimate of drug-likeness (QED) is 0.604. The average Bonchev–Trinajstić information content (AvgIpc) is 2.43. The van der Waals surface area contributed by atoms with Gasteiger partial charge in [0, 0.05) is 0 Å². The van der Waals surface area contributed by atoms with Crippen LogP contribution in [0.25, 0.3) is 0 Å². The molecule has 0 aromatic carbocycles. The summed E-state index contributed by atoms with van der Waals surface area (Å²) in [4.78, 5) is 37.7. The number of nitrogens with one attached hydrogen (secondary N) is 1. The molecule has 19 heavy (non-hydrogen) atoms. The Morgan fingerprint density at radius 2 is 1.95 bits per heavy atom. The molecule has 0 radical (unpaired) electrons. The van der Waals surface area contributed by atoms with E-state index in [1.165, 1.54) is 0 Å². The number of hydrogen-bond acceptors (Lipinski definition) is 3. The van der Waals surface area contributed by atoms with E-state index in [1.807, 2.05) is 6.92 Å². The lowest BCUT2D eigenvalue weighted by Gasteiger charge is -2.42. The second-order valence-electron chi connectivity index (χ2n) is 5.17. The second-order valence-corrected chi connectivity index (χ2v) is 5.17. The van der Waals surface area contributed by atoms with Crippen LogP contribution in [0.15, 0.2) is 0 Å². The van der Waals surface area contributed by atoms with E-state index in [0.29, 0.717) is 19.3 Å². The first-order chi connectivity index (χ1) is 9.06. The Morgan fingerprint density at radius 3 is 2.47 bits per heavy atom. The van der Waals surface area contributed by atoms with E-state index in [9.17, 15) is 14.4 Å². The topological polar surface area (TPSA) is 66.5 Å². The van der Waals surface area contributed by atoms with Gasteiger partial charge in [-0.3, -0.25) is 14.9 Å². The standard InChI is InChI=1S/C14H18N2O3/c1-3-10(4-2)16-12(18)14(8-6-5-7-9-14)11(17)15-13(16)19/h1,10H,4-9H2,2H3,(H,15,17,19). The summed E-state index contributed by atoms with van der Waals surface area (Å²) in [6, 6.07) is -1.27. The summed E-state index contributed by atoms with van der Waals surface area (Å²) in [7, 11) is 0. The van der Waals surface area contributed by atoms with Crippen molar-refractivity contribution in [1.82, 2.24) is 10.2 Å². The van der Waals surface area contributed by atoms with Gasteiger partial charge in [0.05, 0.1) is 0 Å². The van der Waals surface area contributed by atoms with Crippen molar-refractivity contribution >= 4 is 17.8 Å². The molecule has 1 atom stereocenters. The number of terminal acetylenes is 1. The maximum absolute atomic E-state index is 12.6. The molecule has 2 rings (SSSR count). The molecule has 0 aromatic heterocycles. The molecular formula is C14H18N2O3. The van der Waals surface area contributed by atoms with E-state index in [0.717, 1.165) is 24.2 Å². The normalized spacial score (nSPS) is 24.0. The van der Waals surface area contributed by atoms with E-state index in [1.54, 1.807) is 0 Å². The molecule has 1 aliphatic heterocycles. The van der Waals surface area contributed by atoms with Crippen molar-refractivity contribution in [2.24, 2.45) is 5.41 Å². The van der Waals surface area contributed by atoms with Gasteiger partial charge < -0.3 is 0 Å². The van der Waals surface area contributed by atoms with Crippen LogP contribution in [-0.2, 0) is 9.59 Å². The van der Waals surface area contributed by atoms with E-state index in [-0.39, 0.29) is 0 Å². The van der Waals surface area contributed by atoms with Crippen LogP contribution in [0.1, 0.15) is 45.4 Å². The fraction of sp³-hybridized carbons (Fsp3) is 0.643. The van der Waals surface area contributed by atoms with E-state index >= 15 is 0 Å². The van der Waals surface area contributed by atoms with Crippen LogP contribution in [0.3, 0.4) is 0 Å². The van der Waals surface area contributed by atoms with Gasteiger partial charge in [-0.15, -0.1) is 6.42 Å². The van der Waals surface area contributed by atoms with Crippen molar-refractivity contribution in [3.63, 3.8) is 0 Å². The number of barbiturate groups is 1. The van der Waals surface area contributed by atoms with Gasteiger partial charge in [-0.05, 0) is 19.3 Å². The Labute approximate surface area is 112 Å². The number of imide groups is 2. The summed E-state index contributed by atoms with van der Waals surface area (Å²) in [6.07, 6.45) is 9.54. The second kappa shape index (κ2) is 5.04. The molecule has 102 valence electrons. The molecule has 5 heteroatoms. The Morgan fingerprint density at radius 1 is 1.32 bits per heavy atom. The lowest BCUT2D eigenvalue weighted by atomic mass is 9.71. The molecule has 1 saturated heterocycles. The van der Waals surface area contributed by atoms with Crippen molar-refractivity contribution in [2.45, 2.75) is 51.5 Å². The maximum Gasteiger partial charge on any atom is 0.331 e. The van der Waals surface area contributed by atoms with Crippen LogP contribution in [0.2, 0.25) is 0 Å². The smallest absolute Gasteiger partial charge is 0.277 e. The molecular weight excluding hydrogens is 244 g/mol. The van der Waals surface area contributed by atoms with Crippen molar-refractivity contribution in [1.29, 1.82) is 0 Å². The van der Waals surface area contributed by atoms with Gasteiger partial charge in [0.1, 0.15) is 11.5 Å². The zero-order valence-corrected chi connectivity index (χ0v) is 11.1. The molecule has 1 aliphatic carbocycles. The summed E-state index contributed by atoms with van der Waals surface area (Å²) in [5.74, 6) is 1.59. The Kier molecular flexibility index (Phi) is 3.61. The molecule has 2 aliphatic rings. The molecule has 1 heterocycles. The number of nitrogens with zero attached hydrogens (tertiary/aromatic N) is 1. The largest absolute Gasteiger partial charge is 0.331 e. The molecule has 0 aromatic rings. The summed E-state index contributed by atoms with van der Waals surface area (Å²) in [6.45, 7) is 1.81. The Bertz CT molecular complexity index is 458. The van der Waals surface area contributed by atoms with Gasteiger partial charge in [0.25, 0.3) is 0 Å². The zero-order chi connectivity index (χ0) is 14.0. The third-order valence-corrected chi connectivity index (χ3v) is 4.10. The summed E-state index contributed by atoms with van der Waals surface area (Å²) in [5, 5.41) is 2.30. The van der Waals surface area contributed by atoms with Crippen molar-refractivity contribution in [3.8, 4) is 12.3 Å². The SMILES string of the molecule is C#CC(CC)N1C(=O)NC(=O)C2(CCCCC2)C1=O. The van der Waals surface area contributed by atoms with Crippen LogP contribution in [0.5, 0.6) is 0 Å². The van der Waals surface area contributed by atoms with Crippen LogP contribution in [-0.4, -0.2) is 28.8 Å². The molecule has 1 saturated carbocycles. The number of carbonyl (C=O) groups excluding carboxylic acids is 3. The first kappa shape index (κ1) is 13.6. The summed E-state index contributed by atoms with van der Waals surface area (Å²) in [5.41, 5.74) is -1.07. The summed E-state index contributed by atoms with van der Waals surface area (Å²) >= 11 is 0. The van der Waals surface area contributed by atoms with Gasteiger partial charge in [-0.1, -0.05) is 32.1 Å². The van der Waals surface area contributed by atoms with Crippen LogP contribution in [0, 0.1) is 17.8 Å². The summed E-state index contributed by atoms with van der Waals surface area (Å²) < 4.78 is 0. The van der Waals surface area contributed by atoms with Gasteiger partial charge in [0.2, 0.25) is 11.8 Å². The molecule has 0 bridgehead atoms. The van der Waals surface area contributed by atoms with Crippen molar-refractivity contribution in [3.05, 3.63) is 0 Å². The van der Waals surface area contributed by atoms with Crippen molar-refractivity contribution < 1.29 is 14.4 Å². The number of urea groups is 1. The van der Waals surface area contributed by atoms with Gasteiger partial charge >= 0.3 is 6.03 Å². The van der Waals surface area contributed by atoms with Crippen LogP contribution < -0.4 is 5.32 Å². The minimum absolute atomic E-state index is 0.411. The highest BCUT2D eigenvalue weighted by atomic mass is 16.2. The monoisotopic (exact) mass is 262 g/mol. The lowest BCUT2D eigenvalue weighted by Crippen LogP contribution is -2.66. The molecule has 1 N–H and O–H groups in total. The fourth-order valence-electron chi connectivity index (χ4n) is 2.95. The number of amides is 4. The average molecular weight is 262 g/mol. The highest BCUT2D eigenvalue weighted by Gasteiger charge is 2.54. The molecule has 2 fully saturated rings. The maximum atomic E-state index is 12.6. The molecule has 1 unspecified atom stereocenters. The Balaban J connectivity index is 2.36. The van der Waals surface area contributed by atoms with Crippen LogP contribution >= 0.6 is 0 Å². The van der Waals surface area contributed by atoms with Crippen molar-refractivity contribution in [2.75, 3.05) is 0 Å².